The Hall–Kier alpha value is -3.64. The molecule has 2 N–H and O–H groups in total. The third kappa shape index (κ3) is 5.12. The second kappa shape index (κ2) is 10.4. The van der Waals surface area contributed by atoms with Crippen molar-refractivity contribution in [3.63, 3.8) is 0 Å². The SMILES string of the molecule is COc1cc(O)ccc1C1=C(C)c2cc(O)ccc2OC1c1ccc(OC[C@H](C)N2CC[C@@H](C)C2)cc1. The fraction of sp³-hybridized carbons (Fsp3) is 0.355. The van der Waals surface area contributed by atoms with E-state index < -0.39 is 6.10 Å². The summed E-state index contributed by atoms with van der Waals surface area (Å²) in [5.74, 6) is 3.14. The number of phenols is 2. The van der Waals surface area contributed by atoms with Crippen LogP contribution in [0.15, 0.2) is 60.7 Å². The Labute approximate surface area is 218 Å². The Morgan fingerprint density at radius 3 is 2.43 bits per heavy atom. The number of benzene rings is 3. The first kappa shape index (κ1) is 25.0. The van der Waals surface area contributed by atoms with Gasteiger partial charge < -0.3 is 24.4 Å². The Kier molecular flexibility index (Phi) is 7.02. The second-order valence-corrected chi connectivity index (χ2v) is 10.2. The van der Waals surface area contributed by atoms with E-state index in [1.165, 1.54) is 6.42 Å². The van der Waals surface area contributed by atoms with E-state index in [9.17, 15) is 10.2 Å². The first-order chi connectivity index (χ1) is 17.8. The van der Waals surface area contributed by atoms with Gasteiger partial charge in [0, 0.05) is 35.4 Å². The Morgan fingerprint density at radius 1 is 1.00 bits per heavy atom. The summed E-state index contributed by atoms with van der Waals surface area (Å²) in [6.45, 7) is 9.47. The zero-order chi connectivity index (χ0) is 26.1. The van der Waals surface area contributed by atoms with Crippen LogP contribution in [0.1, 0.15) is 50.0 Å². The average Bonchev–Trinajstić information content (AvgIpc) is 3.34. The first-order valence-electron chi connectivity index (χ1n) is 12.9. The highest BCUT2D eigenvalue weighted by Crippen LogP contribution is 2.49. The molecule has 194 valence electrons. The van der Waals surface area contributed by atoms with Gasteiger partial charge in [0.05, 0.1) is 7.11 Å². The zero-order valence-electron chi connectivity index (χ0n) is 21.9. The van der Waals surface area contributed by atoms with Gasteiger partial charge in [0.1, 0.15) is 41.5 Å². The summed E-state index contributed by atoms with van der Waals surface area (Å²) in [6.07, 6.45) is 0.846. The van der Waals surface area contributed by atoms with Crippen LogP contribution in [0.4, 0.5) is 0 Å². The standard InChI is InChI=1S/C31H35NO5/c1-19-13-14-32(17-19)20(2)18-36-25-9-5-22(6-10-25)31-30(26-11-7-24(34)16-29(26)35-4)21(3)27-15-23(33)8-12-28(27)37-31/h5-12,15-16,19-20,31,33-34H,13-14,17-18H2,1-4H3/t19-,20+,31?/m1/s1. The molecular weight excluding hydrogens is 466 g/mol. The number of nitrogens with zero attached hydrogens (tertiary/aromatic N) is 1. The van der Waals surface area contributed by atoms with E-state index in [1.54, 1.807) is 37.4 Å². The van der Waals surface area contributed by atoms with Crippen LogP contribution < -0.4 is 14.2 Å². The maximum Gasteiger partial charge on any atom is 0.150 e. The number of ether oxygens (including phenoxy) is 3. The van der Waals surface area contributed by atoms with Crippen molar-refractivity contribution in [3.05, 3.63) is 77.4 Å². The molecule has 2 aliphatic rings. The predicted molar refractivity (Wildman–Crippen MR) is 145 cm³/mol. The first-order valence-corrected chi connectivity index (χ1v) is 12.9. The molecule has 0 radical (unpaired) electrons. The Bertz CT molecular complexity index is 1300. The van der Waals surface area contributed by atoms with E-state index in [4.69, 9.17) is 14.2 Å². The summed E-state index contributed by atoms with van der Waals surface area (Å²) in [5, 5.41) is 20.2. The number of hydrogen-bond donors (Lipinski definition) is 2. The maximum atomic E-state index is 10.1. The van der Waals surface area contributed by atoms with Crippen LogP contribution >= 0.6 is 0 Å². The average molecular weight is 502 g/mol. The molecule has 37 heavy (non-hydrogen) atoms. The van der Waals surface area contributed by atoms with Crippen molar-refractivity contribution in [2.75, 3.05) is 26.8 Å². The molecule has 0 bridgehead atoms. The number of aromatic hydroxyl groups is 2. The summed E-state index contributed by atoms with van der Waals surface area (Å²) < 4.78 is 18.3. The monoisotopic (exact) mass is 501 g/mol. The lowest BCUT2D eigenvalue weighted by molar-refractivity contribution is 0.169. The lowest BCUT2D eigenvalue weighted by Gasteiger charge is -2.32. The fourth-order valence-electron chi connectivity index (χ4n) is 5.35. The molecule has 3 atom stereocenters. The van der Waals surface area contributed by atoms with Gasteiger partial charge in [-0.05, 0) is 86.3 Å². The third-order valence-corrected chi connectivity index (χ3v) is 7.51. The van der Waals surface area contributed by atoms with E-state index in [1.807, 2.05) is 37.3 Å². The predicted octanol–water partition coefficient (Wildman–Crippen LogP) is 6.28. The Morgan fingerprint density at radius 2 is 1.73 bits per heavy atom. The molecular formula is C31H35NO5. The number of methoxy groups -OCH3 is 1. The van der Waals surface area contributed by atoms with E-state index in [2.05, 4.69) is 18.7 Å². The van der Waals surface area contributed by atoms with Crippen molar-refractivity contribution in [1.29, 1.82) is 0 Å². The van der Waals surface area contributed by atoms with Gasteiger partial charge in [-0.15, -0.1) is 0 Å². The molecule has 0 aromatic heterocycles. The number of fused-ring (bicyclic) bond motifs is 1. The van der Waals surface area contributed by atoms with Gasteiger partial charge in [-0.2, -0.15) is 0 Å². The van der Waals surface area contributed by atoms with Gasteiger partial charge in [-0.3, -0.25) is 4.90 Å². The Balaban J connectivity index is 1.45. The number of hydrogen-bond acceptors (Lipinski definition) is 6. The molecule has 0 spiro atoms. The summed E-state index contributed by atoms with van der Waals surface area (Å²) in [6, 6.07) is 18.7. The van der Waals surface area contributed by atoms with Crippen LogP contribution in [0.2, 0.25) is 0 Å². The highest BCUT2D eigenvalue weighted by Gasteiger charge is 2.31. The second-order valence-electron chi connectivity index (χ2n) is 10.2. The molecule has 0 aliphatic carbocycles. The number of allylic oxidation sites excluding steroid dienone is 1. The van der Waals surface area contributed by atoms with Gasteiger partial charge in [0.15, 0.2) is 0 Å². The highest BCUT2D eigenvalue weighted by atomic mass is 16.5. The molecule has 0 saturated carbocycles. The molecule has 5 rings (SSSR count). The van der Waals surface area contributed by atoms with Crippen LogP contribution in [0.3, 0.4) is 0 Å². The van der Waals surface area contributed by atoms with E-state index in [0.717, 1.165) is 52.6 Å². The van der Waals surface area contributed by atoms with Crippen LogP contribution in [-0.4, -0.2) is 48.0 Å². The van der Waals surface area contributed by atoms with Crippen molar-refractivity contribution in [3.8, 4) is 28.7 Å². The van der Waals surface area contributed by atoms with Crippen molar-refractivity contribution in [2.45, 2.75) is 39.3 Å². The number of phenolic OH excluding ortho intramolecular Hbond substituents is 2. The van der Waals surface area contributed by atoms with E-state index in [-0.39, 0.29) is 11.5 Å². The zero-order valence-corrected chi connectivity index (χ0v) is 21.9. The molecule has 2 aliphatic heterocycles. The highest BCUT2D eigenvalue weighted by molar-refractivity contribution is 5.97. The largest absolute Gasteiger partial charge is 0.508 e. The smallest absolute Gasteiger partial charge is 0.150 e. The maximum absolute atomic E-state index is 10.1. The van der Waals surface area contributed by atoms with Crippen LogP contribution in [0.5, 0.6) is 28.7 Å². The van der Waals surface area contributed by atoms with Crippen LogP contribution in [0.25, 0.3) is 11.1 Å². The van der Waals surface area contributed by atoms with E-state index in [0.29, 0.717) is 24.1 Å². The number of likely N-dealkylation sites (tertiary alicyclic amines) is 1. The van der Waals surface area contributed by atoms with Gasteiger partial charge in [0.25, 0.3) is 0 Å². The lowest BCUT2D eigenvalue weighted by Crippen LogP contribution is -2.35. The van der Waals surface area contributed by atoms with Gasteiger partial charge in [0.2, 0.25) is 0 Å². The molecule has 0 amide bonds. The minimum Gasteiger partial charge on any atom is -0.508 e. The summed E-state index contributed by atoms with van der Waals surface area (Å²) >= 11 is 0. The minimum atomic E-state index is -0.408. The van der Waals surface area contributed by atoms with E-state index >= 15 is 0 Å². The molecule has 6 nitrogen and oxygen atoms in total. The third-order valence-electron chi connectivity index (χ3n) is 7.51. The van der Waals surface area contributed by atoms with Gasteiger partial charge in [-0.1, -0.05) is 19.1 Å². The number of rotatable bonds is 7. The van der Waals surface area contributed by atoms with Gasteiger partial charge >= 0.3 is 0 Å². The molecule has 2 heterocycles. The molecule has 6 heteroatoms. The summed E-state index contributed by atoms with van der Waals surface area (Å²) in [7, 11) is 1.59. The topological polar surface area (TPSA) is 71.4 Å². The summed E-state index contributed by atoms with van der Waals surface area (Å²) in [5.41, 5.74) is 4.51. The molecule has 3 aromatic rings. The van der Waals surface area contributed by atoms with Gasteiger partial charge in [-0.25, -0.2) is 0 Å². The van der Waals surface area contributed by atoms with Crippen LogP contribution in [-0.2, 0) is 0 Å². The normalized spacial score (nSPS) is 20.3. The van der Waals surface area contributed by atoms with Crippen molar-refractivity contribution < 1.29 is 24.4 Å². The lowest BCUT2D eigenvalue weighted by atomic mass is 9.85. The van der Waals surface area contributed by atoms with Crippen molar-refractivity contribution in [2.24, 2.45) is 5.92 Å². The molecule has 1 fully saturated rings. The molecule has 1 unspecified atom stereocenters. The summed E-state index contributed by atoms with van der Waals surface area (Å²) in [4.78, 5) is 2.50. The van der Waals surface area contributed by atoms with Crippen LogP contribution in [0, 0.1) is 5.92 Å². The fourth-order valence-corrected chi connectivity index (χ4v) is 5.35. The molecule has 3 aromatic carbocycles. The molecule has 1 saturated heterocycles. The quantitative estimate of drug-likeness (QED) is 0.397. The minimum absolute atomic E-state index is 0.129. The van der Waals surface area contributed by atoms with Crippen molar-refractivity contribution >= 4 is 11.1 Å². The van der Waals surface area contributed by atoms with Crippen molar-refractivity contribution in [1.82, 2.24) is 4.90 Å².